The summed E-state index contributed by atoms with van der Waals surface area (Å²) in [7, 11) is 4.56. The highest BCUT2D eigenvalue weighted by atomic mass is 16.5. The monoisotopic (exact) mass is 468 g/mol. The largest absolute Gasteiger partial charge is 0.497 e. The van der Waals surface area contributed by atoms with E-state index in [1.807, 2.05) is 0 Å². The number of esters is 1. The van der Waals surface area contributed by atoms with Crippen molar-refractivity contribution in [3.05, 3.63) is 48.0 Å². The Balaban J connectivity index is 1.86. The van der Waals surface area contributed by atoms with Gasteiger partial charge >= 0.3 is 5.97 Å². The molecule has 9 heteroatoms. The number of imide groups is 1. The number of fused-ring (bicyclic) bond motifs is 1. The first kappa shape index (κ1) is 23.6. The number of hydrogen-bond donors (Lipinski definition) is 1. The van der Waals surface area contributed by atoms with Gasteiger partial charge in [0.05, 0.1) is 45.5 Å². The van der Waals surface area contributed by atoms with Crippen molar-refractivity contribution in [2.24, 2.45) is 11.8 Å². The first-order valence-corrected chi connectivity index (χ1v) is 11.0. The molecule has 2 amide bonds. The smallest absolute Gasteiger partial charge is 0.326 e. The second-order valence-corrected chi connectivity index (χ2v) is 8.37. The van der Waals surface area contributed by atoms with Crippen LogP contribution in [0.3, 0.4) is 0 Å². The fraction of sp³-hybridized carbons (Fsp3) is 0.400. The van der Waals surface area contributed by atoms with Gasteiger partial charge in [-0.3, -0.25) is 19.7 Å². The Morgan fingerprint density at radius 1 is 1.00 bits per heavy atom. The molecule has 2 aliphatic rings. The second kappa shape index (κ2) is 8.98. The van der Waals surface area contributed by atoms with Crippen molar-refractivity contribution >= 4 is 23.5 Å². The van der Waals surface area contributed by atoms with E-state index in [-0.39, 0.29) is 6.61 Å². The number of anilines is 1. The third kappa shape index (κ3) is 3.56. The summed E-state index contributed by atoms with van der Waals surface area (Å²) in [6, 6.07) is 11.2. The van der Waals surface area contributed by atoms with Gasteiger partial charge in [-0.2, -0.15) is 0 Å². The fourth-order valence-electron chi connectivity index (χ4n) is 4.96. The van der Waals surface area contributed by atoms with Gasteiger partial charge in [0.15, 0.2) is 0 Å². The molecular formula is C25H28N2O7. The molecule has 9 nitrogen and oxygen atoms in total. The standard InChI is InChI=1S/C25H28N2O7/c1-6-34-24(30)25(2)20-19(21(26-25)17-13-16(32-4)10-11-18(17)33-5)22(28)27(23(20)29)14-8-7-9-15(12-14)31-3/h7-13,19-21,26H,6H2,1-5H3/t19-,20-,21-,25+/m0/s1. The molecule has 180 valence electrons. The van der Waals surface area contributed by atoms with E-state index in [4.69, 9.17) is 18.9 Å². The maximum absolute atomic E-state index is 13.8. The van der Waals surface area contributed by atoms with Gasteiger partial charge in [-0.05, 0) is 44.2 Å². The lowest BCUT2D eigenvalue weighted by atomic mass is 9.80. The molecule has 0 saturated carbocycles. The van der Waals surface area contributed by atoms with Gasteiger partial charge in [-0.15, -0.1) is 0 Å². The fourth-order valence-corrected chi connectivity index (χ4v) is 4.96. The zero-order chi connectivity index (χ0) is 24.6. The molecule has 2 heterocycles. The normalized spacial score (nSPS) is 25.8. The van der Waals surface area contributed by atoms with Crippen LogP contribution < -0.4 is 24.4 Å². The average molecular weight is 469 g/mol. The number of carbonyl (C=O) groups excluding carboxylic acids is 3. The SMILES string of the molecule is CCOC(=O)[C@]1(C)N[C@@H](c2cc(OC)ccc2OC)[C@H]2C(=O)N(c3cccc(OC)c3)C(=O)[C@H]21. The first-order valence-electron chi connectivity index (χ1n) is 11.0. The molecule has 4 atom stereocenters. The molecular weight excluding hydrogens is 440 g/mol. The first-order chi connectivity index (χ1) is 16.3. The van der Waals surface area contributed by atoms with Crippen molar-refractivity contribution in [3.63, 3.8) is 0 Å². The molecule has 2 aliphatic heterocycles. The number of ether oxygens (including phenoxy) is 4. The topological polar surface area (TPSA) is 103 Å². The minimum atomic E-state index is -1.43. The van der Waals surface area contributed by atoms with E-state index >= 15 is 0 Å². The van der Waals surface area contributed by atoms with Crippen LogP contribution in [0.4, 0.5) is 5.69 Å². The predicted octanol–water partition coefficient (Wildman–Crippen LogP) is 2.48. The number of amides is 2. The van der Waals surface area contributed by atoms with Gasteiger partial charge in [0.1, 0.15) is 22.8 Å². The molecule has 2 fully saturated rings. The van der Waals surface area contributed by atoms with Crippen LogP contribution in [0.5, 0.6) is 17.2 Å². The van der Waals surface area contributed by atoms with Crippen LogP contribution in [0.15, 0.2) is 42.5 Å². The Kier molecular flexibility index (Phi) is 6.22. The van der Waals surface area contributed by atoms with Crippen molar-refractivity contribution in [3.8, 4) is 17.2 Å². The Morgan fingerprint density at radius 2 is 1.71 bits per heavy atom. The number of carbonyl (C=O) groups is 3. The summed E-state index contributed by atoms with van der Waals surface area (Å²) in [5.74, 6) is -1.77. The number of hydrogen-bond acceptors (Lipinski definition) is 8. The average Bonchev–Trinajstić information content (AvgIpc) is 3.31. The van der Waals surface area contributed by atoms with Crippen molar-refractivity contribution in [1.29, 1.82) is 0 Å². The minimum absolute atomic E-state index is 0.141. The van der Waals surface area contributed by atoms with E-state index in [1.54, 1.807) is 56.3 Å². The van der Waals surface area contributed by atoms with Crippen molar-refractivity contribution in [2.45, 2.75) is 25.4 Å². The third-order valence-corrected chi connectivity index (χ3v) is 6.57. The summed E-state index contributed by atoms with van der Waals surface area (Å²) in [6.45, 7) is 3.44. The van der Waals surface area contributed by atoms with Crippen LogP contribution in [-0.4, -0.2) is 51.3 Å². The zero-order valence-electron chi connectivity index (χ0n) is 19.8. The molecule has 2 aromatic rings. The van der Waals surface area contributed by atoms with Crippen LogP contribution >= 0.6 is 0 Å². The maximum atomic E-state index is 13.8. The molecule has 4 rings (SSSR count). The number of methoxy groups -OCH3 is 3. The van der Waals surface area contributed by atoms with Gasteiger partial charge in [-0.1, -0.05) is 6.07 Å². The molecule has 0 bridgehead atoms. The van der Waals surface area contributed by atoms with Crippen molar-refractivity contribution in [2.75, 3.05) is 32.8 Å². The quantitative estimate of drug-likeness (QED) is 0.488. The van der Waals surface area contributed by atoms with E-state index in [2.05, 4.69) is 5.32 Å². The molecule has 34 heavy (non-hydrogen) atoms. The molecule has 0 aliphatic carbocycles. The molecule has 2 saturated heterocycles. The predicted molar refractivity (Wildman–Crippen MR) is 123 cm³/mol. The molecule has 2 aromatic carbocycles. The van der Waals surface area contributed by atoms with Gasteiger partial charge in [0, 0.05) is 17.7 Å². The molecule has 1 N–H and O–H groups in total. The highest BCUT2D eigenvalue weighted by molar-refractivity contribution is 6.24. The van der Waals surface area contributed by atoms with Gasteiger partial charge < -0.3 is 18.9 Å². The van der Waals surface area contributed by atoms with Gasteiger partial charge in [-0.25, -0.2) is 4.90 Å². The number of benzene rings is 2. The van der Waals surface area contributed by atoms with Crippen LogP contribution in [0.1, 0.15) is 25.5 Å². The maximum Gasteiger partial charge on any atom is 0.326 e. The minimum Gasteiger partial charge on any atom is -0.497 e. The summed E-state index contributed by atoms with van der Waals surface area (Å²) in [5, 5.41) is 3.25. The lowest BCUT2D eigenvalue weighted by Gasteiger charge is -2.29. The lowest BCUT2D eigenvalue weighted by molar-refractivity contribution is -0.153. The van der Waals surface area contributed by atoms with E-state index in [1.165, 1.54) is 21.3 Å². The van der Waals surface area contributed by atoms with Crippen LogP contribution in [0.2, 0.25) is 0 Å². The van der Waals surface area contributed by atoms with E-state index in [9.17, 15) is 14.4 Å². The Labute approximate surface area is 197 Å². The van der Waals surface area contributed by atoms with Gasteiger partial charge in [0.25, 0.3) is 0 Å². The Bertz CT molecular complexity index is 1130. The Hall–Kier alpha value is -3.59. The van der Waals surface area contributed by atoms with Gasteiger partial charge in [0.2, 0.25) is 11.8 Å². The van der Waals surface area contributed by atoms with E-state index in [0.717, 1.165) is 4.90 Å². The van der Waals surface area contributed by atoms with Crippen molar-refractivity contribution < 1.29 is 33.3 Å². The summed E-state index contributed by atoms with van der Waals surface area (Å²) in [6.07, 6.45) is 0. The van der Waals surface area contributed by atoms with E-state index < -0.39 is 41.2 Å². The summed E-state index contributed by atoms with van der Waals surface area (Å²) in [5.41, 5.74) is -0.440. The number of nitrogens with zero attached hydrogens (tertiary/aromatic N) is 1. The Morgan fingerprint density at radius 3 is 2.35 bits per heavy atom. The molecule has 0 radical (unpaired) electrons. The number of nitrogens with one attached hydrogen (secondary N) is 1. The van der Waals surface area contributed by atoms with Crippen LogP contribution in [-0.2, 0) is 19.1 Å². The van der Waals surface area contributed by atoms with Crippen LogP contribution in [0.25, 0.3) is 0 Å². The molecule has 0 unspecified atom stereocenters. The van der Waals surface area contributed by atoms with E-state index in [0.29, 0.717) is 28.5 Å². The highest BCUT2D eigenvalue weighted by Gasteiger charge is 2.67. The summed E-state index contributed by atoms with van der Waals surface area (Å²) < 4.78 is 21.5. The molecule has 0 spiro atoms. The van der Waals surface area contributed by atoms with Crippen molar-refractivity contribution in [1.82, 2.24) is 5.32 Å². The lowest BCUT2D eigenvalue weighted by Crippen LogP contribution is -2.54. The second-order valence-electron chi connectivity index (χ2n) is 8.37. The summed E-state index contributed by atoms with van der Waals surface area (Å²) >= 11 is 0. The molecule has 0 aromatic heterocycles. The van der Waals surface area contributed by atoms with Crippen LogP contribution in [0, 0.1) is 11.8 Å². The highest BCUT2D eigenvalue weighted by Crippen LogP contribution is 2.52. The third-order valence-electron chi connectivity index (χ3n) is 6.57. The summed E-state index contributed by atoms with van der Waals surface area (Å²) in [4.78, 5) is 41.8. The number of rotatable bonds is 7. The zero-order valence-corrected chi connectivity index (χ0v) is 19.8.